The Labute approximate surface area is 848 Å². The maximum atomic E-state index is 14.3. The molecule has 43 nitrogen and oxygen atoms in total. The summed E-state index contributed by atoms with van der Waals surface area (Å²) in [6.45, 7) is 17.7. The van der Waals surface area contributed by atoms with Crippen LogP contribution in [0.25, 0.3) is 11.1 Å². The topological polar surface area (TPSA) is 620 Å². The fourth-order valence-electron chi connectivity index (χ4n) is 13.7. The van der Waals surface area contributed by atoms with Gasteiger partial charge < -0.3 is 86.5 Å². The molecule has 19 N–H and O–H groups in total. The highest BCUT2D eigenvalue weighted by Gasteiger charge is 2.38. The van der Waals surface area contributed by atoms with Crippen molar-refractivity contribution in [2.24, 2.45) is 46.6 Å². The van der Waals surface area contributed by atoms with Crippen molar-refractivity contribution in [1.82, 2.24) is 62.2 Å². The summed E-state index contributed by atoms with van der Waals surface area (Å²) in [5, 5.41) is 39.1. The van der Waals surface area contributed by atoms with Gasteiger partial charge in [-0.2, -0.15) is 0 Å². The van der Waals surface area contributed by atoms with Crippen LogP contribution in [0.5, 0.6) is 0 Å². The Hall–Kier alpha value is -14.9. The number of amides is 15. The molecule has 0 radical (unpaired) electrons. The highest BCUT2D eigenvalue weighted by Crippen LogP contribution is 2.44. The van der Waals surface area contributed by atoms with Crippen molar-refractivity contribution in [3.8, 4) is 11.1 Å². The number of esters is 3. The predicted molar refractivity (Wildman–Crippen MR) is 534 cm³/mol. The van der Waals surface area contributed by atoms with Gasteiger partial charge in [0.15, 0.2) is 17.3 Å². The highest BCUT2D eigenvalue weighted by atomic mass is 16.5. The van der Waals surface area contributed by atoms with E-state index in [9.17, 15) is 86.9 Å². The number of carbonyl (C=O) groups is 16. The number of nitrogens with zero attached hydrogens (tertiary/aromatic N) is 6. The van der Waals surface area contributed by atoms with Gasteiger partial charge in [0.25, 0.3) is 0 Å². The molecule has 0 aliphatic heterocycles. The van der Waals surface area contributed by atoms with E-state index in [1.807, 2.05) is 139 Å². The van der Waals surface area contributed by atoms with Gasteiger partial charge in [-0.1, -0.05) is 200 Å². The lowest BCUT2D eigenvalue weighted by atomic mass is 9.98. The Morgan fingerprint density at radius 1 is 0.349 bits per heavy atom. The Morgan fingerprint density at radius 2 is 0.651 bits per heavy atom. The van der Waals surface area contributed by atoms with Crippen LogP contribution >= 0.6 is 0 Å². The molecule has 0 saturated heterocycles. The summed E-state index contributed by atoms with van der Waals surface area (Å²) in [5.41, 5.74) is 28.3. The quantitative estimate of drug-likeness (QED) is 0.00569. The molecule has 0 fully saturated rings. The smallest absolute Gasteiger partial charge is 0.333 e. The number of hydrogen-bond acceptors (Lipinski definition) is 27. The number of urea groups is 6. The molecule has 7 aromatic carbocycles. The third-order valence-corrected chi connectivity index (χ3v) is 21.5. The number of aliphatic hydroxyl groups is 2. The van der Waals surface area contributed by atoms with Crippen LogP contribution in [0.3, 0.4) is 0 Å². The molecule has 43 heteroatoms. The molecule has 0 spiro atoms. The van der Waals surface area contributed by atoms with Crippen LogP contribution in [-0.2, 0) is 114 Å². The van der Waals surface area contributed by atoms with Gasteiger partial charge in [0.2, 0.25) is 17.7 Å². The summed E-state index contributed by atoms with van der Waals surface area (Å²) in [4.78, 5) is 206. The average molecular weight is 2030 g/mol. The van der Waals surface area contributed by atoms with E-state index >= 15 is 0 Å². The van der Waals surface area contributed by atoms with Crippen molar-refractivity contribution in [3.05, 3.63) is 239 Å². The Balaban J connectivity index is 0.000000355. The Bertz CT molecular complexity index is 5390. The first-order valence-electron chi connectivity index (χ1n) is 47.1. The van der Waals surface area contributed by atoms with E-state index in [1.165, 1.54) is 4.90 Å². The number of ketones is 3. The first-order valence-corrected chi connectivity index (χ1v) is 47.1. The minimum Gasteiger partial charge on any atom is -0.481 e. The van der Waals surface area contributed by atoms with Crippen molar-refractivity contribution in [1.29, 1.82) is 0 Å². The number of fused-ring (bicyclic) bond motifs is 3. The fraction of sp³-hybridized carbons (Fsp3) is 0.437. The van der Waals surface area contributed by atoms with Gasteiger partial charge in [0.05, 0.1) is 132 Å². The van der Waals surface area contributed by atoms with Gasteiger partial charge in [0, 0.05) is 31.7 Å². The molecular weight excluding hydrogens is 1890 g/mol. The van der Waals surface area contributed by atoms with Gasteiger partial charge in [-0.25, -0.2) is 55.5 Å². The number of nitrogens with two attached hydrogens (primary N) is 5. The van der Waals surface area contributed by atoms with Crippen molar-refractivity contribution in [2.45, 2.75) is 201 Å². The van der Waals surface area contributed by atoms with E-state index in [0.717, 1.165) is 70.1 Å². The lowest BCUT2D eigenvalue weighted by Crippen LogP contribution is -2.54. The van der Waals surface area contributed by atoms with Crippen molar-refractivity contribution in [2.75, 3.05) is 72.4 Å². The molecular formula is C103H139N17O26. The van der Waals surface area contributed by atoms with E-state index in [0.29, 0.717) is 5.01 Å². The third-order valence-electron chi connectivity index (χ3n) is 21.5. The number of carboxylic acid groups (broad SMARTS) is 1. The molecule has 0 unspecified atom stereocenters. The van der Waals surface area contributed by atoms with Crippen LogP contribution in [0.15, 0.2) is 200 Å². The number of rotatable bonds is 48. The minimum atomic E-state index is -1.42. The SMILES string of the molecule is CC(C)(C)OC[C@H](CC(=O)[C@H](COC(C)(C)C)NC(=O)N(CC(=O)OCC1c2ccccc2-c2ccccc21)Cc1ccccc1)C(=O)NN(CCC(=O)OCc1ccccc1)C(N)=O.CC(C)(C)OC[C@H](CC(=O)[C@H](COC(C)(C)C)NC(=O)N(N)Cc1ccccc1)C(=O)NN(CCC(=O)OCc1ccccc1)C(N)=O.NC(=O)N(CCC(=O)O)NC(=O)[C@H](CO)CC(=O)[C@H](CO)NC(=O)N(N)Cc1ccccc1. The lowest BCUT2D eigenvalue weighted by Gasteiger charge is -2.30. The van der Waals surface area contributed by atoms with E-state index in [1.54, 1.807) is 150 Å². The Morgan fingerprint density at radius 3 is 0.993 bits per heavy atom. The molecule has 792 valence electrons. The molecule has 0 bridgehead atoms. The molecule has 1 aliphatic carbocycles. The van der Waals surface area contributed by atoms with E-state index in [2.05, 4.69) is 26.8 Å². The number of ether oxygens (including phenoxy) is 7. The number of carbonyl (C=O) groups excluding carboxylic acids is 15. The van der Waals surface area contributed by atoms with Crippen molar-refractivity contribution >= 4 is 95.1 Å². The second kappa shape index (κ2) is 59.4. The maximum Gasteiger partial charge on any atom is 0.333 e. The van der Waals surface area contributed by atoms with Crippen molar-refractivity contribution in [3.63, 3.8) is 0 Å². The molecule has 8 rings (SSSR count). The minimum absolute atomic E-state index is 0.00507. The molecule has 15 amide bonds. The molecule has 0 saturated carbocycles. The number of hydrogen-bond donors (Lipinski definition) is 14. The highest BCUT2D eigenvalue weighted by molar-refractivity contribution is 5.96. The number of nitrogens with one attached hydrogen (secondary N) is 6. The van der Waals surface area contributed by atoms with E-state index in [-0.39, 0.29) is 97.7 Å². The second-order valence-corrected chi connectivity index (χ2v) is 38.0. The molecule has 146 heavy (non-hydrogen) atoms. The average Bonchev–Trinajstić information content (AvgIpc) is 1.61. The normalized spacial score (nSPS) is 12.8. The lowest BCUT2D eigenvalue weighted by molar-refractivity contribution is -0.146. The summed E-state index contributed by atoms with van der Waals surface area (Å²) in [6.07, 6.45) is -2.51. The number of carboxylic acids is 1. The summed E-state index contributed by atoms with van der Waals surface area (Å²) >= 11 is 0. The van der Waals surface area contributed by atoms with Gasteiger partial charge in [-0.3, -0.25) is 74.2 Å². The number of primary amides is 3. The molecule has 7 aromatic rings. The van der Waals surface area contributed by atoms with Crippen LogP contribution in [0.2, 0.25) is 0 Å². The standard InChI is InChI=1S/C50H61N5O10.C34H50N6O8.C19H28N6O8/c1-49(2,3)64-31-36(46(59)53-55(47(51)60)26-25-44(57)62-30-35-19-11-8-12-20-35)27-43(56)42(33-65-50(4,5)6)52-48(61)54(28-34-17-9-7-10-18-34)29-45(58)63-32-41-39-23-15-13-21-37(39)38-22-14-16-24-40(38)41;1-33(2,3)47-22-26(30(43)38-40(31(35)44)18-17-29(42)46-21-25-15-11-8-12-16-25)19-28(41)27(23-48-34(4,5)6)37-32(45)39(36)20-24-13-9-7-10-14-24;20-18(32)25(7-6-16(29)30)23-17(31)13(10-26)8-15(28)14(11-27)22-19(33)24(21)9-12-4-2-1-3-5-12/h7-24,36,41-42H,25-33H2,1-6H3,(H2,51,60)(H,52,61)(H,53,59);7-16,26-27H,17-23,36H2,1-6H3,(H2,35,44)(H,37,45)(H,38,43);1-5,13-14,26-27H,6-11,21H2,(H2,20,32)(H,22,33)(H,23,31)(H,29,30)/t36-,42-;26-,27-;13-,14-/m000/s1. The predicted octanol–water partition coefficient (Wildman–Crippen LogP) is 7.75. The first-order chi connectivity index (χ1) is 68.9. The van der Waals surface area contributed by atoms with Crippen LogP contribution in [0, 0.1) is 17.8 Å². The largest absolute Gasteiger partial charge is 0.481 e. The molecule has 0 aromatic heterocycles. The van der Waals surface area contributed by atoms with Gasteiger partial charge in [-0.15, -0.1) is 0 Å². The van der Waals surface area contributed by atoms with Crippen LogP contribution in [0.4, 0.5) is 28.8 Å². The fourth-order valence-corrected chi connectivity index (χ4v) is 13.7. The zero-order valence-corrected chi connectivity index (χ0v) is 84.5. The summed E-state index contributed by atoms with van der Waals surface area (Å²) in [6, 6.07) is 51.5. The maximum absolute atomic E-state index is 14.3. The van der Waals surface area contributed by atoms with Crippen LogP contribution in [-0.4, -0.2) is 253 Å². The number of hydrazine groups is 5. The molecule has 6 atom stereocenters. The van der Waals surface area contributed by atoms with E-state index in [4.69, 9.17) is 67.2 Å². The van der Waals surface area contributed by atoms with Crippen LogP contribution < -0.4 is 61.1 Å². The second-order valence-electron chi connectivity index (χ2n) is 38.0. The zero-order chi connectivity index (χ0) is 108. The van der Waals surface area contributed by atoms with Gasteiger partial charge in [-0.05, 0) is 133 Å². The number of benzene rings is 7. The molecule has 0 heterocycles. The first kappa shape index (κ1) is 120. The summed E-state index contributed by atoms with van der Waals surface area (Å²) in [5.74, 6) is 0.272. The van der Waals surface area contributed by atoms with Gasteiger partial charge >= 0.3 is 60.1 Å². The summed E-state index contributed by atoms with van der Waals surface area (Å²) in [7, 11) is 0. The van der Waals surface area contributed by atoms with Gasteiger partial charge in [0.1, 0.15) is 44.5 Å². The van der Waals surface area contributed by atoms with E-state index < -0.39 is 205 Å². The van der Waals surface area contributed by atoms with Crippen molar-refractivity contribution < 1.29 is 125 Å². The third kappa shape index (κ3) is 45.0. The Kier molecular flexibility index (Phi) is 48.8. The monoisotopic (exact) mass is 2030 g/mol. The number of Topliss-reactive ketones (excluding diaryl/α,β-unsaturated/α-hetero) is 3. The summed E-state index contributed by atoms with van der Waals surface area (Å²) < 4.78 is 40.0. The number of aliphatic hydroxyl groups excluding tert-OH is 2. The zero-order valence-electron chi connectivity index (χ0n) is 84.5. The molecule has 1 aliphatic rings. The number of aliphatic carboxylic acids is 1. The van der Waals surface area contributed by atoms with Crippen LogP contribution in [0.1, 0.15) is 166 Å².